The molecule has 9 nitrogen and oxygen atoms in total. The molecule has 0 aliphatic carbocycles. The largest absolute Gasteiger partial charge is 0.493 e. The number of ether oxygens (including phenoxy) is 2. The van der Waals surface area contributed by atoms with Gasteiger partial charge in [0.25, 0.3) is 5.56 Å². The Bertz CT molecular complexity index is 1190. The highest BCUT2D eigenvalue weighted by Gasteiger charge is 2.10. The van der Waals surface area contributed by atoms with Gasteiger partial charge >= 0.3 is 0 Å². The molecular formula is C24H26N4O5. The summed E-state index contributed by atoms with van der Waals surface area (Å²) < 4.78 is 11.9. The second-order valence-corrected chi connectivity index (χ2v) is 7.26. The van der Waals surface area contributed by atoms with E-state index in [4.69, 9.17) is 9.47 Å². The van der Waals surface area contributed by atoms with Crippen molar-refractivity contribution < 1.29 is 19.1 Å². The van der Waals surface area contributed by atoms with Crippen molar-refractivity contribution in [2.75, 3.05) is 24.9 Å². The van der Waals surface area contributed by atoms with Crippen LogP contribution in [0.5, 0.6) is 11.5 Å². The van der Waals surface area contributed by atoms with E-state index in [1.807, 2.05) is 6.07 Å². The maximum atomic E-state index is 12.3. The topological polar surface area (TPSA) is 112 Å². The van der Waals surface area contributed by atoms with Crippen molar-refractivity contribution in [3.8, 4) is 22.8 Å². The van der Waals surface area contributed by atoms with Crippen LogP contribution in [0.1, 0.15) is 19.8 Å². The van der Waals surface area contributed by atoms with E-state index >= 15 is 0 Å². The second-order valence-electron chi connectivity index (χ2n) is 7.26. The third-order valence-corrected chi connectivity index (χ3v) is 4.81. The van der Waals surface area contributed by atoms with Crippen LogP contribution in [0.2, 0.25) is 0 Å². The van der Waals surface area contributed by atoms with E-state index in [9.17, 15) is 14.4 Å². The molecule has 0 aliphatic heterocycles. The Balaban J connectivity index is 1.60. The Morgan fingerprint density at radius 2 is 1.58 bits per heavy atom. The molecule has 0 atom stereocenters. The maximum absolute atomic E-state index is 12.3. The van der Waals surface area contributed by atoms with Gasteiger partial charge in [-0.1, -0.05) is 0 Å². The number of benzene rings is 2. The van der Waals surface area contributed by atoms with Crippen LogP contribution in [0.3, 0.4) is 0 Å². The van der Waals surface area contributed by atoms with E-state index in [1.54, 1.807) is 56.7 Å². The molecule has 172 valence electrons. The molecule has 1 aromatic heterocycles. The zero-order valence-electron chi connectivity index (χ0n) is 18.8. The van der Waals surface area contributed by atoms with Gasteiger partial charge in [-0.05, 0) is 55.0 Å². The number of carbonyl (C=O) groups excluding carboxylic acids is 2. The summed E-state index contributed by atoms with van der Waals surface area (Å²) in [6, 6.07) is 15.3. The van der Waals surface area contributed by atoms with Gasteiger partial charge in [0.05, 0.1) is 19.9 Å². The molecule has 2 N–H and O–H groups in total. The van der Waals surface area contributed by atoms with E-state index in [2.05, 4.69) is 15.7 Å². The highest BCUT2D eigenvalue weighted by molar-refractivity contribution is 5.92. The molecule has 3 rings (SSSR count). The van der Waals surface area contributed by atoms with E-state index in [0.717, 1.165) is 5.56 Å². The Labute approximate surface area is 191 Å². The van der Waals surface area contributed by atoms with Gasteiger partial charge in [0.2, 0.25) is 11.8 Å². The number of amides is 2. The van der Waals surface area contributed by atoms with Crippen LogP contribution in [0.25, 0.3) is 11.3 Å². The molecule has 33 heavy (non-hydrogen) atoms. The smallest absolute Gasteiger partial charge is 0.266 e. The van der Waals surface area contributed by atoms with Crippen molar-refractivity contribution in [1.29, 1.82) is 0 Å². The molecule has 0 fully saturated rings. The molecule has 0 unspecified atom stereocenters. The summed E-state index contributed by atoms with van der Waals surface area (Å²) >= 11 is 0. The lowest BCUT2D eigenvalue weighted by Crippen LogP contribution is -2.23. The van der Waals surface area contributed by atoms with Crippen LogP contribution in [0, 0.1) is 0 Å². The number of carbonyl (C=O) groups is 2. The second kappa shape index (κ2) is 10.9. The van der Waals surface area contributed by atoms with E-state index in [0.29, 0.717) is 41.5 Å². The van der Waals surface area contributed by atoms with Crippen molar-refractivity contribution >= 4 is 23.2 Å². The Kier molecular flexibility index (Phi) is 7.80. The number of nitrogens with one attached hydrogen (secondary N) is 2. The quantitative estimate of drug-likeness (QED) is 0.517. The average molecular weight is 450 g/mol. The first kappa shape index (κ1) is 23.5. The van der Waals surface area contributed by atoms with Gasteiger partial charge in [-0.15, -0.1) is 0 Å². The fourth-order valence-electron chi connectivity index (χ4n) is 3.21. The van der Waals surface area contributed by atoms with E-state index in [-0.39, 0.29) is 23.8 Å². The third-order valence-electron chi connectivity index (χ3n) is 4.81. The number of hydrogen-bond donors (Lipinski definition) is 2. The normalized spacial score (nSPS) is 10.4. The number of hydrogen-bond acceptors (Lipinski definition) is 6. The molecule has 0 saturated heterocycles. The molecular weight excluding hydrogens is 424 g/mol. The molecule has 0 spiro atoms. The number of nitrogens with zero attached hydrogens (tertiary/aromatic N) is 2. The minimum atomic E-state index is -0.242. The molecule has 0 bridgehead atoms. The summed E-state index contributed by atoms with van der Waals surface area (Å²) in [5, 5.41) is 9.90. The molecule has 2 amide bonds. The summed E-state index contributed by atoms with van der Waals surface area (Å²) in [4.78, 5) is 35.6. The van der Waals surface area contributed by atoms with Crippen LogP contribution < -0.4 is 25.7 Å². The minimum absolute atomic E-state index is 0.161. The highest BCUT2D eigenvalue weighted by atomic mass is 16.5. The molecule has 3 aromatic rings. The van der Waals surface area contributed by atoms with Crippen LogP contribution >= 0.6 is 0 Å². The van der Waals surface area contributed by atoms with Gasteiger partial charge in [0.1, 0.15) is 0 Å². The first-order valence-corrected chi connectivity index (χ1v) is 10.4. The van der Waals surface area contributed by atoms with Gasteiger partial charge in [-0.3, -0.25) is 14.4 Å². The van der Waals surface area contributed by atoms with Crippen molar-refractivity contribution in [1.82, 2.24) is 9.78 Å². The lowest BCUT2D eigenvalue weighted by atomic mass is 10.1. The number of anilines is 2. The fourth-order valence-corrected chi connectivity index (χ4v) is 3.21. The average Bonchev–Trinajstić information content (AvgIpc) is 2.80. The molecule has 2 aromatic carbocycles. The summed E-state index contributed by atoms with van der Waals surface area (Å²) in [6.45, 7) is 1.73. The number of rotatable bonds is 9. The standard InChI is InChI=1S/C24H26N4O5/c1-16(29)25-18-7-9-19(10-8-18)26-23(30)5-4-14-28-24(31)13-11-20(27-28)17-6-12-21(32-2)22(15-17)33-3/h6-13,15H,4-5,14H2,1-3H3,(H,25,29)(H,26,30). The van der Waals surface area contributed by atoms with E-state index in [1.165, 1.54) is 17.7 Å². The zero-order chi connectivity index (χ0) is 23.8. The van der Waals surface area contributed by atoms with Crippen LogP contribution in [0.4, 0.5) is 11.4 Å². The van der Waals surface area contributed by atoms with Crippen molar-refractivity contribution in [2.45, 2.75) is 26.3 Å². The van der Waals surface area contributed by atoms with Gasteiger partial charge in [-0.2, -0.15) is 5.10 Å². The van der Waals surface area contributed by atoms with Gasteiger partial charge in [0.15, 0.2) is 11.5 Å². The van der Waals surface area contributed by atoms with Gasteiger partial charge in [-0.25, -0.2) is 4.68 Å². The first-order chi connectivity index (χ1) is 15.9. The fraction of sp³-hybridized carbons (Fsp3) is 0.250. The van der Waals surface area contributed by atoms with Gasteiger partial charge in [0, 0.05) is 42.9 Å². The molecule has 9 heteroatoms. The Morgan fingerprint density at radius 3 is 2.21 bits per heavy atom. The minimum Gasteiger partial charge on any atom is -0.493 e. The monoisotopic (exact) mass is 450 g/mol. The van der Waals surface area contributed by atoms with Crippen LogP contribution in [-0.2, 0) is 16.1 Å². The highest BCUT2D eigenvalue weighted by Crippen LogP contribution is 2.31. The summed E-state index contributed by atoms with van der Waals surface area (Å²) in [7, 11) is 3.12. The molecule has 0 saturated carbocycles. The van der Waals surface area contributed by atoms with E-state index < -0.39 is 0 Å². The lowest BCUT2D eigenvalue weighted by Gasteiger charge is -2.11. The first-order valence-electron chi connectivity index (χ1n) is 10.4. The summed E-state index contributed by atoms with van der Waals surface area (Å²) in [5.41, 5.74) is 2.43. The predicted molar refractivity (Wildman–Crippen MR) is 126 cm³/mol. The SMILES string of the molecule is COc1ccc(-c2ccc(=O)n(CCCC(=O)Nc3ccc(NC(C)=O)cc3)n2)cc1OC. The summed E-state index contributed by atoms with van der Waals surface area (Å²) in [6.07, 6.45) is 0.667. The molecule has 0 radical (unpaired) electrons. The van der Waals surface area contributed by atoms with Crippen molar-refractivity contribution in [3.05, 3.63) is 65.0 Å². The Morgan fingerprint density at radius 1 is 0.909 bits per heavy atom. The van der Waals surface area contributed by atoms with Gasteiger partial charge < -0.3 is 20.1 Å². The van der Waals surface area contributed by atoms with Crippen molar-refractivity contribution in [3.63, 3.8) is 0 Å². The summed E-state index contributed by atoms with van der Waals surface area (Å²) in [5.74, 6) is 0.832. The molecule has 1 heterocycles. The Hall–Kier alpha value is -4.14. The predicted octanol–water partition coefficient (Wildman–Crippen LogP) is 3.30. The van der Waals surface area contributed by atoms with Crippen LogP contribution in [-0.4, -0.2) is 35.8 Å². The number of methoxy groups -OCH3 is 2. The third kappa shape index (κ3) is 6.42. The number of aromatic nitrogens is 2. The lowest BCUT2D eigenvalue weighted by molar-refractivity contribution is -0.116. The molecule has 0 aliphatic rings. The zero-order valence-corrected chi connectivity index (χ0v) is 18.8. The number of aryl methyl sites for hydroxylation is 1. The van der Waals surface area contributed by atoms with Crippen molar-refractivity contribution in [2.24, 2.45) is 0 Å². The maximum Gasteiger partial charge on any atom is 0.266 e. The van der Waals surface area contributed by atoms with Crippen LogP contribution in [0.15, 0.2) is 59.4 Å².